The highest BCUT2D eigenvalue weighted by Crippen LogP contribution is 2.33. The van der Waals surface area contributed by atoms with E-state index in [0.717, 1.165) is 4.90 Å². The van der Waals surface area contributed by atoms with Crippen molar-refractivity contribution in [3.8, 4) is 17.1 Å². The molecule has 2 heterocycles. The molecular weight excluding hydrogens is 460 g/mol. The van der Waals surface area contributed by atoms with Crippen molar-refractivity contribution in [2.24, 2.45) is 0 Å². The predicted octanol–water partition coefficient (Wildman–Crippen LogP) is 4.33. The first-order chi connectivity index (χ1) is 16.3. The van der Waals surface area contributed by atoms with Gasteiger partial charge in [0.2, 0.25) is 5.91 Å². The number of carbonyl (C=O) groups excluding carboxylic acids is 3. The Morgan fingerprint density at radius 2 is 1.76 bits per heavy atom. The maximum absolute atomic E-state index is 12.7. The van der Waals surface area contributed by atoms with Gasteiger partial charge >= 0.3 is 5.97 Å². The van der Waals surface area contributed by atoms with Crippen molar-refractivity contribution in [2.75, 3.05) is 19.0 Å². The summed E-state index contributed by atoms with van der Waals surface area (Å²) in [6.07, 6.45) is 1.43. The van der Waals surface area contributed by atoms with E-state index >= 15 is 0 Å². The van der Waals surface area contributed by atoms with Crippen LogP contribution in [0.15, 0.2) is 70.0 Å². The van der Waals surface area contributed by atoms with E-state index in [0.29, 0.717) is 40.3 Å². The van der Waals surface area contributed by atoms with E-state index in [1.165, 1.54) is 25.3 Å². The molecule has 0 saturated carbocycles. The van der Waals surface area contributed by atoms with Crippen molar-refractivity contribution in [3.05, 3.63) is 76.9 Å². The zero-order valence-electron chi connectivity index (χ0n) is 17.8. The molecule has 0 radical (unpaired) electrons. The maximum atomic E-state index is 12.7. The van der Waals surface area contributed by atoms with Crippen LogP contribution in [-0.4, -0.2) is 46.7 Å². The van der Waals surface area contributed by atoms with Crippen LogP contribution in [0.4, 0.5) is 10.5 Å². The number of anilines is 1. The van der Waals surface area contributed by atoms with E-state index in [4.69, 9.17) is 14.3 Å². The van der Waals surface area contributed by atoms with Gasteiger partial charge < -0.3 is 19.6 Å². The lowest BCUT2D eigenvalue weighted by molar-refractivity contribution is -0.127. The molecule has 0 spiro atoms. The van der Waals surface area contributed by atoms with Crippen LogP contribution in [-0.2, 0) is 9.59 Å². The third-order valence-corrected chi connectivity index (χ3v) is 5.77. The number of ether oxygens (including phenoxy) is 1. The highest BCUT2D eigenvalue weighted by molar-refractivity contribution is 8.18. The van der Waals surface area contributed by atoms with Gasteiger partial charge in [0.1, 0.15) is 23.8 Å². The summed E-state index contributed by atoms with van der Waals surface area (Å²) in [4.78, 5) is 49.3. The van der Waals surface area contributed by atoms with E-state index in [-0.39, 0.29) is 10.5 Å². The Labute approximate surface area is 198 Å². The Balaban J connectivity index is 1.42. The third kappa shape index (κ3) is 5.02. The Bertz CT molecular complexity index is 1290. The lowest BCUT2D eigenvalue weighted by Crippen LogP contribution is -2.36. The van der Waals surface area contributed by atoms with Crippen LogP contribution in [0.1, 0.15) is 16.1 Å². The van der Waals surface area contributed by atoms with Crippen molar-refractivity contribution in [3.63, 3.8) is 0 Å². The quantitative estimate of drug-likeness (QED) is 0.481. The van der Waals surface area contributed by atoms with Crippen molar-refractivity contribution in [1.82, 2.24) is 4.90 Å². The molecule has 2 N–H and O–H groups in total. The summed E-state index contributed by atoms with van der Waals surface area (Å²) in [6.45, 7) is -0.423. The van der Waals surface area contributed by atoms with Crippen LogP contribution >= 0.6 is 11.8 Å². The summed E-state index contributed by atoms with van der Waals surface area (Å²) in [5.74, 6) is -0.693. The summed E-state index contributed by atoms with van der Waals surface area (Å²) < 4.78 is 10.8. The zero-order valence-corrected chi connectivity index (χ0v) is 18.6. The number of imide groups is 1. The number of methoxy groups -OCH3 is 1. The number of benzene rings is 2. The van der Waals surface area contributed by atoms with Crippen LogP contribution in [0, 0.1) is 0 Å². The molecular formula is C24H18N2O7S. The highest BCUT2D eigenvalue weighted by Gasteiger charge is 2.36. The Morgan fingerprint density at radius 3 is 2.41 bits per heavy atom. The minimum atomic E-state index is -1.03. The molecule has 2 aromatic carbocycles. The van der Waals surface area contributed by atoms with Crippen LogP contribution in [0.3, 0.4) is 0 Å². The molecule has 1 aliphatic heterocycles. The SMILES string of the molecule is COc1ccc(NC(=O)CN2C(=O)S/C(=C/c3ccc(-c4ccc(C(=O)O)cc4)o3)C2=O)cc1. The molecule has 0 unspecified atom stereocenters. The van der Waals surface area contributed by atoms with Gasteiger partial charge in [0.05, 0.1) is 17.6 Å². The van der Waals surface area contributed by atoms with Gasteiger partial charge in [0.25, 0.3) is 11.1 Å². The smallest absolute Gasteiger partial charge is 0.335 e. The van der Waals surface area contributed by atoms with E-state index in [1.54, 1.807) is 48.5 Å². The van der Waals surface area contributed by atoms with Crippen LogP contribution in [0.25, 0.3) is 17.4 Å². The first-order valence-corrected chi connectivity index (χ1v) is 10.8. The van der Waals surface area contributed by atoms with Gasteiger partial charge in [-0.15, -0.1) is 0 Å². The summed E-state index contributed by atoms with van der Waals surface area (Å²) in [5.41, 5.74) is 1.32. The van der Waals surface area contributed by atoms with Gasteiger partial charge in [-0.25, -0.2) is 4.79 Å². The second kappa shape index (κ2) is 9.67. The number of rotatable bonds is 7. The number of thioether (sulfide) groups is 1. The number of aromatic carboxylic acids is 1. The van der Waals surface area contributed by atoms with Gasteiger partial charge in [-0.3, -0.25) is 19.3 Å². The van der Waals surface area contributed by atoms with Gasteiger partial charge in [-0.1, -0.05) is 12.1 Å². The first kappa shape index (κ1) is 22.9. The minimum absolute atomic E-state index is 0.129. The highest BCUT2D eigenvalue weighted by atomic mass is 32.2. The number of carboxylic acids is 1. The fourth-order valence-corrected chi connectivity index (χ4v) is 3.96. The van der Waals surface area contributed by atoms with Gasteiger partial charge in [0, 0.05) is 17.3 Å². The number of nitrogens with zero attached hydrogens (tertiary/aromatic N) is 1. The Morgan fingerprint density at radius 1 is 1.06 bits per heavy atom. The fraction of sp³-hybridized carbons (Fsp3) is 0.0833. The number of carboxylic acid groups (broad SMARTS) is 1. The van der Waals surface area contributed by atoms with E-state index in [9.17, 15) is 19.2 Å². The van der Waals surface area contributed by atoms with Crippen LogP contribution in [0.5, 0.6) is 5.75 Å². The molecule has 0 atom stereocenters. The van der Waals surface area contributed by atoms with Crippen LogP contribution in [0.2, 0.25) is 0 Å². The predicted molar refractivity (Wildman–Crippen MR) is 125 cm³/mol. The lowest BCUT2D eigenvalue weighted by atomic mass is 10.1. The zero-order chi connectivity index (χ0) is 24.2. The molecule has 1 saturated heterocycles. The molecule has 3 amide bonds. The number of furan rings is 1. The molecule has 172 valence electrons. The molecule has 1 aliphatic rings. The maximum Gasteiger partial charge on any atom is 0.335 e. The van der Waals surface area contributed by atoms with Crippen LogP contribution < -0.4 is 10.1 Å². The minimum Gasteiger partial charge on any atom is -0.497 e. The van der Waals surface area contributed by atoms with Gasteiger partial charge in [-0.2, -0.15) is 0 Å². The molecule has 10 heteroatoms. The molecule has 4 rings (SSSR count). The Hall–Kier alpha value is -4.31. The van der Waals surface area contributed by atoms with E-state index in [1.807, 2.05) is 0 Å². The number of hydrogen-bond donors (Lipinski definition) is 2. The number of hydrogen-bond acceptors (Lipinski definition) is 7. The van der Waals surface area contributed by atoms with Crippen molar-refractivity contribution in [2.45, 2.75) is 0 Å². The second-order valence-electron chi connectivity index (χ2n) is 7.13. The number of carbonyl (C=O) groups is 4. The average molecular weight is 478 g/mol. The standard InChI is InChI=1S/C24H18N2O7S/c1-32-17-8-6-16(7-9-17)25-21(27)13-26-22(28)20(34-24(26)31)12-18-10-11-19(33-18)14-2-4-15(5-3-14)23(29)30/h2-12H,13H2,1H3,(H,25,27)(H,29,30)/b20-12+. The molecule has 9 nitrogen and oxygen atoms in total. The lowest BCUT2D eigenvalue weighted by Gasteiger charge is -2.12. The molecule has 1 aromatic heterocycles. The first-order valence-electron chi connectivity index (χ1n) is 9.97. The largest absolute Gasteiger partial charge is 0.497 e. The summed E-state index contributed by atoms with van der Waals surface area (Å²) >= 11 is 0.717. The molecule has 34 heavy (non-hydrogen) atoms. The number of nitrogens with one attached hydrogen (secondary N) is 1. The molecule has 3 aromatic rings. The summed E-state index contributed by atoms with van der Waals surface area (Å²) in [7, 11) is 1.53. The van der Waals surface area contributed by atoms with Crippen molar-refractivity contribution < 1.29 is 33.4 Å². The Kier molecular flexibility index (Phi) is 6.51. The van der Waals surface area contributed by atoms with Crippen molar-refractivity contribution >= 4 is 46.5 Å². The van der Waals surface area contributed by atoms with Gasteiger partial charge in [0.15, 0.2) is 0 Å². The second-order valence-corrected chi connectivity index (χ2v) is 8.12. The fourth-order valence-electron chi connectivity index (χ4n) is 3.15. The normalized spacial score (nSPS) is 14.5. The van der Waals surface area contributed by atoms with E-state index in [2.05, 4.69) is 5.32 Å². The topological polar surface area (TPSA) is 126 Å². The average Bonchev–Trinajstić information content (AvgIpc) is 3.40. The summed E-state index contributed by atoms with van der Waals surface area (Å²) in [6, 6.07) is 16.1. The molecule has 1 fully saturated rings. The summed E-state index contributed by atoms with van der Waals surface area (Å²) in [5, 5.41) is 11.1. The monoisotopic (exact) mass is 478 g/mol. The molecule has 0 bridgehead atoms. The molecule has 0 aliphatic carbocycles. The van der Waals surface area contributed by atoms with Gasteiger partial charge in [-0.05, 0) is 60.3 Å². The number of amides is 3. The van der Waals surface area contributed by atoms with Crippen molar-refractivity contribution in [1.29, 1.82) is 0 Å². The third-order valence-electron chi connectivity index (χ3n) is 4.87. The van der Waals surface area contributed by atoms with E-state index < -0.39 is 29.6 Å².